The number of hydrogen-bond donors (Lipinski definition) is 1. The van der Waals surface area contributed by atoms with Gasteiger partial charge in [-0.15, -0.1) is 0 Å². The smallest absolute Gasteiger partial charge is 0.347 e. The lowest BCUT2D eigenvalue weighted by atomic mass is 10.2. The molecule has 2 heterocycles. The van der Waals surface area contributed by atoms with E-state index in [1.54, 1.807) is 44.2 Å². The molecule has 10 nitrogen and oxygen atoms in total. The second-order valence-corrected chi connectivity index (χ2v) is 9.09. The van der Waals surface area contributed by atoms with Crippen LogP contribution < -0.4 is 19.6 Å². The SMILES string of the molecule is CCOC(=O)[C@H](C)Oc1c(C=NNC(=O)c2ccc(COc3ccc(-n4c(C)ccc4C)cc3)o2)cccc1OC. The van der Waals surface area contributed by atoms with Crippen LogP contribution in [0, 0.1) is 13.8 Å². The number of aromatic nitrogens is 1. The Labute approximate surface area is 238 Å². The van der Waals surface area contributed by atoms with Crippen molar-refractivity contribution in [1.29, 1.82) is 0 Å². The number of esters is 1. The van der Waals surface area contributed by atoms with E-state index in [1.807, 2.05) is 24.3 Å². The molecule has 1 N–H and O–H groups in total. The number of carbonyl (C=O) groups excluding carboxylic acids is 2. The predicted octanol–water partition coefficient (Wildman–Crippen LogP) is 5.37. The Balaban J connectivity index is 1.34. The molecular weight excluding hydrogens is 526 g/mol. The van der Waals surface area contributed by atoms with E-state index in [9.17, 15) is 9.59 Å². The van der Waals surface area contributed by atoms with Gasteiger partial charge in [0.1, 0.15) is 18.1 Å². The topological polar surface area (TPSA) is 114 Å². The Morgan fingerprint density at radius 1 is 1.02 bits per heavy atom. The van der Waals surface area contributed by atoms with Crippen LogP contribution >= 0.6 is 0 Å². The molecule has 0 unspecified atom stereocenters. The molecule has 0 bridgehead atoms. The minimum Gasteiger partial charge on any atom is -0.493 e. The first-order chi connectivity index (χ1) is 19.8. The number of hydrogen-bond acceptors (Lipinski definition) is 8. The average molecular weight is 560 g/mol. The number of hydrazone groups is 1. The molecule has 10 heteroatoms. The third-order valence-electron chi connectivity index (χ3n) is 6.14. The lowest BCUT2D eigenvalue weighted by Gasteiger charge is -2.17. The molecule has 0 aliphatic heterocycles. The second-order valence-electron chi connectivity index (χ2n) is 9.09. The van der Waals surface area contributed by atoms with Crippen LogP contribution in [0.4, 0.5) is 0 Å². The molecule has 0 radical (unpaired) electrons. The molecule has 0 aliphatic carbocycles. The summed E-state index contributed by atoms with van der Waals surface area (Å²) >= 11 is 0. The Kier molecular flexibility index (Phi) is 9.47. The van der Waals surface area contributed by atoms with Crippen molar-refractivity contribution in [3.63, 3.8) is 0 Å². The molecule has 1 amide bonds. The molecule has 41 heavy (non-hydrogen) atoms. The van der Waals surface area contributed by atoms with Gasteiger partial charge in [-0.2, -0.15) is 5.10 Å². The lowest BCUT2D eigenvalue weighted by Crippen LogP contribution is -2.26. The Bertz CT molecular complexity index is 1500. The maximum Gasteiger partial charge on any atom is 0.347 e. The van der Waals surface area contributed by atoms with Crippen LogP contribution in [0.5, 0.6) is 17.2 Å². The zero-order valence-electron chi connectivity index (χ0n) is 23.7. The summed E-state index contributed by atoms with van der Waals surface area (Å²) in [6, 6.07) is 20.3. The molecule has 2 aromatic carbocycles. The monoisotopic (exact) mass is 559 g/mol. The van der Waals surface area contributed by atoms with Crippen LogP contribution in [0.2, 0.25) is 0 Å². The van der Waals surface area contributed by atoms with Gasteiger partial charge < -0.3 is 27.9 Å². The van der Waals surface area contributed by atoms with E-state index in [-0.39, 0.29) is 24.7 Å². The van der Waals surface area contributed by atoms with Crippen molar-refractivity contribution in [2.24, 2.45) is 5.10 Å². The Morgan fingerprint density at radius 2 is 1.76 bits per heavy atom. The maximum absolute atomic E-state index is 12.6. The standard InChI is InChI=1S/C31H33N3O7/c1-6-38-31(36)22(4)40-29-23(8-7-9-27(29)37-5)18-32-33-30(35)28-17-16-26(41-28)19-39-25-14-12-24(13-15-25)34-20(2)10-11-21(34)3/h7-18,22H,6,19H2,1-5H3,(H,33,35)/t22-/m0/s1. The van der Waals surface area contributed by atoms with Crippen molar-refractivity contribution in [3.8, 4) is 22.9 Å². The van der Waals surface area contributed by atoms with E-state index in [0.29, 0.717) is 22.8 Å². The second kappa shape index (κ2) is 13.4. The normalized spacial score (nSPS) is 11.7. The zero-order chi connectivity index (χ0) is 29.4. The molecule has 4 rings (SSSR count). The molecule has 0 aliphatic rings. The van der Waals surface area contributed by atoms with E-state index in [2.05, 4.69) is 41.1 Å². The van der Waals surface area contributed by atoms with Crippen LogP contribution in [0.1, 0.15) is 47.1 Å². The van der Waals surface area contributed by atoms with E-state index in [0.717, 1.165) is 17.1 Å². The number of methoxy groups -OCH3 is 1. The van der Waals surface area contributed by atoms with Crippen LogP contribution in [-0.2, 0) is 16.1 Å². The highest BCUT2D eigenvalue weighted by atomic mass is 16.6. The number of amides is 1. The van der Waals surface area contributed by atoms with E-state index >= 15 is 0 Å². The van der Waals surface area contributed by atoms with Crippen molar-refractivity contribution in [2.75, 3.05) is 13.7 Å². The summed E-state index contributed by atoms with van der Waals surface area (Å²) in [6.45, 7) is 7.81. The fourth-order valence-electron chi connectivity index (χ4n) is 4.12. The highest BCUT2D eigenvalue weighted by molar-refractivity contribution is 5.93. The van der Waals surface area contributed by atoms with Crippen molar-refractivity contribution in [3.05, 3.63) is 95.2 Å². The van der Waals surface area contributed by atoms with Crippen molar-refractivity contribution in [2.45, 2.75) is 40.4 Å². The van der Waals surface area contributed by atoms with Gasteiger partial charge in [-0.25, -0.2) is 10.2 Å². The summed E-state index contributed by atoms with van der Waals surface area (Å²) in [7, 11) is 1.48. The molecule has 2 aromatic heterocycles. The summed E-state index contributed by atoms with van der Waals surface area (Å²) in [4.78, 5) is 24.6. The Hall–Kier alpha value is -4.99. The summed E-state index contributed by atoms with van der Waals surface area (Å²) in [5.74, 6) is 0.876. The van der Waals surface area contributed by atoms with Gasteiger partial charge in [-0.1, -0.05) is 6.07 Å². The first-order valence-corrected chi connectivity index (χ1v) is 13.1. The predicted molar refractivity (Wildman–Crippen MR) is 153 cm³/mol. The highest BCUT2D eigenvalue weighted by Gasteiger charge is 2.20. The number of benzene rings is 2. The van der Waals surface area contributed by atoms with Crippen molar-refractivity contribution >= 4 is 18.1 Å². The summed E-state index contributed by atoms with van der Waals surface area (Å²) < 4.78 is 29.8. The summed E-state index contributed by atoms with van der Waals surface area (Å²) in [5, 5.41) is 4.02. The minimum atomic E-state index is -0.873. The van der Waals surface area contributed by atoms with Gasteiger partial charge in [0.15, 0.2) is 23.4 Å². The maximum atomic E-state index is 12.6. The number of furan rings is 1. The number of carbonyl (C=O) groups is 2. The average Bonchev–Trinajstić information content (AvgIpc) is 3.59. The van der Waals surface area contributed by atoms with Crippen LogP contribution in [0.15, 0.2) is 76.2 Å². The first kappa shape index (κ1) is 29.0. The Morgan fingerprint density at radius 3 is 2.44 bits per heavy atom. The first-order valence-electron chi connectivity index (χ1n) is 13.1. The molecule has 0 saturated carbocycles. The van der Waals surface area contributed by atoms with Crippen LogP contribution in [0.25, 0.3) is 5.69 Å². The lowest BCUT2D eigenvalue weighted by molar-refractivity contribution is -0.150. The van der Waals surface area contributed by atoms with Gasteiger partial charge >= 0.3 is 11.9 Å². The van der Waals surface area contributed by atoms with E-state index in [4.69, 9.17) is 23.4 Å². The molecule has 214 valence electrons. The number of nitrogens with one attached hydrogen (secondary N) is 1. The highest BCUT2D eigenvalue weighted by Crippen LogP contribution is 2.31. The largest absolute Gasteiger partial charge is 0.493 e. The number of aryl methyl sites for hydroxylation is 2. The number of nitrogens with zero attached hydrogens (tertiary/aromatic N) is 2. The molecule has 4 aromatic rings. The number of rotatable bonds is 12. The molecule has 0 saturated heterocycles. The van der Waals surface area contributed by atoms with E-state index < -0.39 is 18.0 Å². The van der Waals surface area contributed by atoms with Crippen molar-refractivity contribution in [1.82, 2.24) is 9.99 Å². The van der Waals surface area contributed by atoms with Gasteiger partial charge in [0.2, 0.25) is 0 Å². The van der Waals surface area contributed by atoms with Gasteiger partial charge in [-0.05, 0) is 88.4 Å². The number of para-hydroxylation sites is 1. The van der Waals surface area contributed by atoms with Gasteiger partial charge in [0.25, 0.3) is 0 Å². The molecule has 0 spiro atoms. The minimum absolute atomic E-state index is 0.0766. The van der Waals surface area contributed by atoms with Gasteiger partial charge in [-0.3, -0.25) is 4.79 Å². The fraction of sp³-hybridized carbons (Fsp3) is 0.258. The fourth-order valence-corrected chi connectivity index (χ4v) is 4.12. The summed E-state index contributed by atoms with van der Waals surface area (Å²) in [6.07, 6.45) is 0.517. The molecule has 1 atom stereocenters. The summed E-state index contributed by atoms with van der Waals surface area (Å²) in [5.41, 5.74) is 6.28. The van der Waals surface area contributed by atoms with Crippen molar-refractivity contribution < 1.29 is 33.0 Å². The van der Waals surface area contributed by atoms with Crippen LogP contribution in [0.3, 0.4) is 0 Å². The van der Waals surface area contributed by atoms with Crippen LogP contribution in [-0.4, -0.2) is 42.5 Å². The van der Waals surface area contributed by atoms with Gasteiger partial charge in [0.05, 0.1) is 19.9 Å². The third-order valence-corrected chi connectivity index (χ3v) is 6.14. The molecule has 0 fully saturated rings. The number of ether oxygens (including phenoxy) is 4. The van der Waals surface area contributed by atoms with E-state index in [1.165, 1.54) is 13.3 Å². The molecular formula is C31H33N3O7. The van der Waals surface area contributed by atoms with Gasteiger partial charge in [0, 0.05) is 22.6 Å². The quantitative estimate of drug-likeness (QED) is 0.141. The zero-order valence-corrected chi connectivity index (χ0v) is 23.7. The third kappa shape index (κ3) is 7.16.